The van der Waals surface area contributed by atoms with Gasteiger partial charge in [0.1, 0.15) is 12.3 Å². The molecule has 10 heteroatoms. The van der Waals surface area contributed by atoms with E-state index in [1.165, 1.54) is 31.4 Å². The van der Waals surface area contributed by atoms with Crippen LogP contribution in [-0.2, 0) is 24.7 Å². The van der Waals surface area contributed by atoms with Gasteiger partial charge in [-0.15, -0.1) is 0 Å². The number of sulfone groups is 1. The zero-order valence-corrected chi connectivity index (χ0v) is 22.3. The quantitative estimate of drug-likeness (QED) is 0.426. The van der Waals surface area contributed by atoms with Crippen molar-refractivity contribution in [1.82, 2.24) is 5.32 Å². The predicted octanol–water partition coefficient (Wildman–Crippen LogP) is 3.87. The lowest BCUT2D eigenvalue weighted by molar-refractivity contribution is -0.120. The van der Waals surface area contributed by atoms with Gasteiger partial charge in [-0.2, -0.15) is 0 Å². The van der Waals surface area contributed by atoms with Crippen LogP contribution in [0.15, 0.2) is 82.6 Å². The number of sulfonamides is 1. The number of amides is 1. The van der Waals surface area contributed by atoms with E-state index in [1.54, 1.807) is 48.5 Å². The van der Waals surface area contributed by atoms with E-state index in [4.69, 9.17) is 4.74 Å². The second-order valence-electron chi connectivity index (χ2n) is 8.40. The van der Waals surface area contributed by atoms with Crippen molar-refractivity contribution in [3.05, 3.63) is 83.9 Å². The second-order valence-corrected chi connectivity index (χ2v) is 12.3. The van der Waals surface area contributed by atoms with Crippen molar-refractivity contribution >= 4 is 31.5 Å². The fraction of sp³-hybridized carbons (Fsp3) is 0.269. The number of anilines is 1. The largest absolute Gasteiger partial charge is 0.497 e. The van der Waals surface area contributed by atoms with Crippen molar-refractivity contribution in [1.29, 1.82) is 0 Å². The summed E-state index contributed by atoms with van der Waals surface area (Å²) in [5.41, 5.74) is 1.91. The number of rotatable bonds is 10. The van der Waals surface area contributed by atoms with E-state index in [2.05, 4.69) is 5.32 Å². The lowest BCUT2D eigenvalue weighted by atomic mass is 10.0. The third-order valence-electron chi connectivity index (χ3n) is 5.69. The molecule has 0 saturated heterocycles. The van der Waals surface area contributed by atoms with Gasteiger partial charge in [0.15, 0.2) is 9.84 Å². The van der Waals surface area contributed by atoms with E-state index in [0.717, 1.165) is 16.1 Å². The SMILES string of the molecule is CCC(NC(=O)CN(c1cccc(OC)c1)S(=O)(=O)c1ccc(C)cc1)c1ccc(S(C)(=O)=O)cc1. The van der Waals surface area contributed by atoms with Gasteiger partial charge in [0, 0.05) is 12.3 Å². The van der Waals surface area contributed by atoms with E-state index in [9.17, 15) is 21.6 Å². The summed E-state index contributed by atoms with van der Waals surface area (Å²) in [5.74, 6) is -0.0537. The van der Waals surface area contributed by atoms with E-state index in [1.807, 2.05) is 13.8 Å². The molecule has 0 aliphatic carbocycles. The van der Waals surface area contributed by atoms with Gasteiger partial charge in [-0.3, -0.25) is 9.10 Å². The zero-order chi connectivity index (χ0) is 26.5. The van der Waals surface area contributed by atoms with E-state index < -0.39 is 38.4 Å². The second kappa shape index (κ2) is 11.1. The minimum atomic E-state index is -4.07. The van der Waals surface area contributed by atoms with Crippen molar-refractivity contribution < 1.29 is 26.4 Å². The molecular weight excluding hydrogens is 500 g/mol. The Morgan fingerprint density at radius 1 is 0.944 bits per heavy atom. The molecule has 1 unspecified atom stereocenters. The molecule has 3 aromatic rings. The smallest absolute Gasteiger partial charge is 0.264 e. The van der Waals surface area contributed by atoms with Crippen molar-refractivity contribution in [2.24, 2.45) is 0 Å². The normalized spacial score (nSPS) is 12.6. The molecule has 0 bridgehead atoms. The van der Waals surface area contributed by atoms with E-state index in [-0.39, 0.29) is 15.5 Å². The van der Waals surface area contributed by atoms with Gasteiger partial charge in [0.2, 0.25) is 5.91 Å². The Morgan fingerprint density at radius 2 is 1.56 bits per heavy atom. The lowest BCUT2D eigenvalue weighted by Crippen LogP contribution is -2.42. The first-order valence-corrected chi connectivity index (χ1v) is 14.6. The molecule has 0 spiro atoms. The van der Waals surface area contributed by atoms with Crippen LogP contribution in [0.3, 0.4) is 0 Å². The minimum Gasteiger partial charge on any atom is -0.497 e. The Balaban J connectivity index is 1.91. The topological polar surface area (TPSA) is 110 Å². The van der Waals surface area contributed by atoms with Crippen LogP contribution in [-0.4, -0.2) is 42.7 Å². The van der Waals surface area contributed by atoms with Crippen molar-refractivity contribution in [2.45, 2.75) is 36.1 Å². The number of ether oxygens (including phenoxy) is 1. The summed E-state index contributed by atoms with van der Waals surface area (Å²) < 4.78 is 57.0. The summed E-state index contributed by atoms with van der Waals surface area (Å²) >= 11 is 0. The molecule has 0 aliphatic rings. The van der Waals surface area contributed by atoms with Crippen LogP contribution in [0, 0.1) is 6.92 Å². The molecule has 1 N–H and O–H groups in total. The minimum absolute atomic E-state index is 0.0622. The summed E-state index contributed by atoms with van der Waals surface area (Å²) in [6.45, 7) is 3.27. The third kappa shape index (κ3) is 6.44. The average molecular weight is 531 g/mol. The number of nitrogens with zero attached hydrogens (tertiary/aromatic N) is 1. The first-order chi connectivity index (χ1) is 17.0. The molecule has 0 aliphatic heterocycles. The van der Waals surface area contributed by atoms with Crippen molar-refractivity contribution in [2.75, 3.05) is 24.2 Å². The molecule has 3 rings (SSSR count). The van der Waals surface area contributed by atoms with Gasteiger partial charge in [-0.1, -0.05) is 42.8 Å². The van der Waals surface area contributed by atoms with Crippen LogP contribution in [0.25, 0.3) is 0 Å². The Bertz CT molecular complexity index is 1420. The Kier molecular flexibility index (Phi) is 8.42. The van der Waals surface area contributed by atoms with Crippen LogP contribution in [0.1, 0.15) is 30.5 Å². The number of hydrogen-bond acceptors (Lipinski definition) is 6. The summed E-state index contributed by atoms with van der Waals surface area (Å²) in [7, 11) is -5.94. The number of carbonyl (C=O) groups excluding carboxylic acids is 1. The molecule has 0 aromatic heterocycles. The van der Waals surface area contributed by atoms with Gasteiger partial charge in [-0.05, 0) is 55.3 Å². The highest BCUT2D eigenvalue weighted by Crippen LogP contribution is 2.27. The number of carbonyl (C=O) groups is 1. The number of nitrogens with one attached hydrogen (secondary N) is 1. The van der Waals surface area contributed by atoms with Gasteiger partial charge in [0.25, 0.3) is 10.0 Å². The molecule has 0 fully saturated rings. The Morgan fingerprint density at radius 3 is 2.11 bits per heavy atom. The first kappa shape index (κ1) is 27.2. The molecule has 0 radical (unpaired) electrons. The van der Waals surface area contributed by atoms with Gasteiger partial charge >= 0.3 is 0 Å². The average Bonchev–Trinajstić information content (AvgIpc) is 2.85. The molecule has 3 aromatic carbocycles. The maximum Gasteiger partial charge on any atom is 0.264 e. The Labute approximate surface area is 212 Å². The van der Waals surface area contributed by atoms with Crippen molar-refractivity contribution in [3.63, 3.8) is 0 Å². The lowest BCUT2D eigenvalue weighted by Gasteiger charge is -2.26. The van der Waals surface area contributed by atoms with E-state index in [0.29, 0.717) is 17.7 Å². The fourth-order valence-electron chi connectivity index (χ4n) is 3.66. The highest BCUT2D eigenvalue weighted by molar-refractivity contribution is 7.93. The maximum absolute atomic E-state index is 13.6. The van der Waals surface area contributed by atoms with Crippen LogP contribution < -0.4 is 14.4 Å². The highest BCUT2D eigenvalue weighted by Gasteiger charge is 2.28. The standard InChI is InChI=1S/C26H30N2O6S2/c1-5-25(20-11-15-23(16-12-20)35(4,30)31)27-26(29)18-28(21-7-6-8-22(17-21)34-3)36(32,33)24-13-9-19(2)10-14-24/h6-17,25H,5,18H2,1-4H3,(H,27,29). The number of methoxy groups -OCH3 is 1. The zero-order valence-electron chi connectivity index (χ0n) is 20.6. The summed E-state index contributed by atoms with van der Waals surface area (Å²) in [6.07, 6.45) is 1.65. The number of benzene rings is 3. The summed E-state index contributed by atoms with van der Waals surface area (Å²) in [4.78, 5) is 13.4. The van der Waals surface area contributed by atoms with Crippen LogP contribution in [0.2, 0.25) is 0 Å². The van der Waals surface area contributed by atoms with Crippen LogP contribution >= 0.6 is 0 Å². The van der Waals surface area contributed by atoms with Gasteiger partial charge < -0.3 is 10.1 Å². The summed E-state index contributed by atoms with van der Waals surface area (Å²) in [6, 6.07) is 18.8. The third-order valence-corrected chi connectivity index (χ3v) is 8.61. The molecule has 0 saturated carbocycles. The maximum atomic E-state index is 13.6. The fourth-order valence-corrected chi connectivity index (χ4v) is 5.70. The molecular formula is C26H30N2O6S2. The number of hydrogen-bond donors (Lipinski definition) is 1. The highest BCUT2D eigenvalue weighted by atomic mass is 32.2. The summed E-state index contributed by atoms with van der Waals surface area (Å²) in [5, 5.41) is 2.88. The van der Waals surface area contributed by atoms with Crippen molar-refractivity contribution in [3.8, 4) is 5.75 Å². The van der Waals surface area contributed by atoms with E-state index >= 15 is 0 Å². The molecule has 0 heterocycles. The molecule has 36 heavy (non-hydrogen) atoms. The van der Waals surface area contributed by atoms with Gasteiger partial charge in [-0.25, -0.2) is 16.8 Å². The first-order valence-electron chi connectivity index (χ1n) is 11.3. The van der Waals surface area contributed by atoms with Gasteiger partial charge in [0.05, 0.1) is 28.6 Å². The van der Waals surface area contributed by atoms with Crippen LogP contribution in [0.5, 0.6) is 5.75 Å². The monoisotopic (exact) mass is 530 g/mol. The number of aryl methyl sites for hydroxylation is 1. The molecule has 1 atom stereocenters. The molecule has 192 valence electrons. The predicted molar refractivity (Wildman–Crippen MR) is 139 cm³/mol. The molecule has 1 amide bonds. The molecule has 8 nitrogen and oxygen atoms in total. The van der Waals surface area contributed by atoms with Crippen LogP contribution in [0.4, 0.5) is 5.69 Å². The Hall–Kier alpha value is -3.37.